The second-order valence-electron chi connectivity index (χ2n) is 4.44. The lowest BCUT2D eigenvalue weighted by atomic mass is 10.2. The van der Waals surface area contributed by atoms with E-state index in [2.05, 4.69) is 9.47 Å². The van der Waals surface area contributed by atoms with E-state index in [1.165, 1.54) is 14.2 Å². The van der Waals surface area contributed by atoms with Crippen molar-refractivity contribution in [3.05, 3.63) is 59.7 Å². The summed E-state index contributed by atoms with van der Waals surface area (Å²) in [5.41, 5.74) is 1.19. The molecule has 6 heteroatoms. The van der Waals surface area contributed by atoms with Gasteiger partial charge in [-0.15, -0.1) is 23.5 Å². The van der Waals surface area contributed by atoms with Gasteiger partial charge in [0.15, 0.2) is 0 Å². The third-order valence-electron chi connectivity index (χ3n) is 3.02. The molecule has 2 rings (SSSR count). The van der Waals surface area contributed by atoms with Gasteiger partial charge in [0, 0.05) is 9.79 Å². The molecule has 0 fully saturated rings. The average molecular weight is 364 g/mol. The van der Waals surface area contributed by atoms with Crippen molar-refractivity contribution >= 4 is 35.5 Å². The summed E-state index contributed by atoms with van der Waals surface area (Å²) in [4.78, 5) is 24.3. The van der Waals surface area contributed by atoms with Crippen LogP contribution in [0.5, 0.6) is 0 Å². The smallest absolute Gasteiger partial charge is 0.337 e. The van der Waals surface area contributed by atoms with Gasteiger partial charge in [-0.05, 0) is 61.0 Å². The first-order valence-corrected chi connectivity index (χ1v) is 9.45. The normalized spacial score (nSPS) is 9.50. The zero-order chi connectivity index (χ0) is 17.9. The van der Waals surface area contributed by atoms with E-state index < -0.39 is 0 Å². The minimum atomic E-state index is -0.289. The van der Waals surface area contributed by atoms with Crippen molar-refractivity contribution in [3.8, 4) is 0 Å². The first-order chi connectivity index (χ1) is 11.5. The van der Waals surface area contributed by atoms with Crippen molar-refractivity contribution in [2.24, 2.45) is 0 Å². The minimum absolute atomic E-state index is 0.289. The molecule has 2 aromatic carbocycles. The van der Waals surface area contributed by atoms with Crippen LogP contribution >= 0.6 is 23.5 Å². The number of benzene rings is 2. The van der Waals surface area contributed by atoms with E-state index in [-0.39, 0.29) is 11.9 Å². The molecule has 0 bridgehead atoms. The maximum Gasteiger partial charge on any atom is 0.337 e. The third-order valence-corrected chi connectivity index (χ3v) is 4.51. The van der Waals surface area contributed by atoms with Crippen molar-refractivity contribution in [2.45, 2.75) is 9.79 Å². The molecule has 0 aliphatic rings. The van der Waals surface area contributed by atoms with Crippen molar-refractivity contribution in [1.29, 1.82) is 0 Å². The van der Waals surface area contributed by atoms with Crippen LogP contribution in [0, 0.1) is 0 Å². The van der Waals surface area contributed by atoms with Gasteiger partial charge in [-0.2, -0.15) is 0 Å². The molecule has 0 saturated heterocycles. The number of rotatable bonds is 4. The van der Waals surface area contributed by atoms with Gasteiger partial charge in [0.05, 0.1) is 25.3 Å². The summed E-state index contributed by atoms with van der Waals surface area (Å²) < 4.78 is 9.13. The topological polar surface area (TPSA) is 52.6 Å². The Balaban J connectivity index is 0.000000240. The van der Waals surface area contributed by atoms with E-state index in [0.717, 1.165) is 9.79 Å². The van der Waals surface area contributed by atoms with Gasteiger partial charge in [-0.3, -0.25) is 0 Å². The largest absolute Gasteiger partial charge is 0.465 e. The Hall–Kier alpha value is -1.92. The zero-order valence-electron chi connectivity index (χ0n) is 14.1. The van der Waals surface area contributed by atoms with Crippen LogP contribution in [0.2, 0.25) is 0 Å². The van der Waals surface area contributed by atoms with Gasteiger partial charge in [-0.1, -0.05) is 0 Å². The number of carbonyl (C=O) groups is 2. The lowest BCUT2D eigenvalue weighted by Crippen LogP contribution is -1.99. The summed E-state index contributed by atoms with van der Waals surface area (Å²) in [5.74, 6) is -0.578. The summed E-state index contributed by atoms with van der Waals surface area (Å²) in [7, 11) is 2.76. The Kier molecular flexibility index (Phi) is 9.04. The van der Waals surface area contributed by atoms with Crippen molar-refractivity contribution in [1.82, 2.24) is 0 Å². The van der Waals surface area contributed by atoms with Crippen molar-refractivity contribution < 1.29 is 19.1 Å². The Labute approximate surface area is 150 Å². The van der Waals surface area contributed by atoms with E-state index in [4.69, 9.17) is 0 Å². The molecule has 0 aliphatic heterocycles. The Morgan fingerprint density at radius 3 is 1.17 bits per heavy atom. The highest BCUT2D eigenvalue weighted by molar-refractivity contribution is 7.98. The highest BCUT2D eigenvalue weighted by Gasteiger charge is 2.03. The molecule has 0 amide bonds. The molecule has 128 valence electrons. The van der Waals surface area contributed by atoms with Crippen LogP contribution in [0.25, 0.3) is 0 Å². The number of carbonyl (C=O) groups excluding carboxylic acids is 2. The van der Waals surface area contributed by atoms with E-state index in [1.54, 1.807) is 47.8 Å². The molecular weight excluding hydrogens is 344 g/mol. The van der Waals surface area contributed by atoms with Gasteiger partial charge in [-0.25, -0.2) is 9.59 Å². The first kappa shape index (κ1) is 20.1. The van der Waals surface area contributed by atoms with Gasteiger partial charge in [0.25, 0.3) is 0 Å². The van der Waals surface area contributed by atoms with Gasteiger partial charge < -0.3 is 9.47 Å². The molecule has 0 radical (unpaired) electrons. The minimum Gasteiger partial charge on any atom is -0.465 e. The van der Waals surface area contributed by atoms with E-state index >= 15 is 0 Å². The van der Waals surface area contributed by atoms with Crippen molar-refractivity contribution in [3.63, 3.8) is 0 Å². The van der Waals surface area contributed by atoms with Crippen LogP contribution in [0.4, 0.5) is 0 Å². The fourth-order valence-electron chi connectivity index (χ4n) is 1.69. The summed E-state index contributed by atoms with van der Waals surface area (Å²) in [6, 6.07) is 14.6. The van der Waals surface area contributed by atoms with Crippen LogP contribution in [0.15, 0.2) is 58.3 Å². The molecule has 0 unspecified atom stereocenters. The zero-order valence-corrected chi connectivity index (χ0v) is 15.7. The molecule has 0 aliphatic carbocycles. The molecule has 0 heterocycles. The Bertz CT molecular complexity index is 592. The number of hydrogen-bond acceptors (Lipinski definition) is 6. The van der Waals surface area contributed by atoms with E-state index in [0.29, 0.717) is 11.1 Å². The van der Waals surface area contributed by atoms with Crippen LogP contribution in [-0.2, 0) is 9.47 Å². The van der Waals surface area contributed by atoms with Crippen LogP contribution in [-0.4, -0.2) is 38.7 Å². The summed E-state index contributed by atoms with van der Waals surface area (Å²) in [5, 5.41) is 0. The van der Waals surface area contributed by atoms with Crippen molar-refractivity contribution in [2.75, 3.05) is 26.7 Å². The van der Waals surface area contributed by atoms with E-state index in [9.17, 15) is 9.59 Å². The monoisotopic (exact) mass is 364 g/mol. The van der Waals surface area contributed by atoms with Crippen LogP contribution < -0.4 is 0 Å². The number of methoxy groups -OCH3 is 2. The molecule has 2 aromatic rings. The fourth-order valence-corrected chi connectivity index (χ4v) is 2.51. The summed E-state index contributed by atoms with van der Waals surface area (Å²) >= 11 is 3.29. The fraction of sp³-hybridized carbons (Fsp3) is 0.222. The second-order valence-corrected chi connectivity index (χ2v) is 6.20. The molecule has 0 atom stereocenters. The average Bonchev–Trinajstić information content (AvgIpc) is 2.67. The maximum absolute atomic E-state index is 11.0. The van der Waals surface area contributed by atoms with Crippen LogP contribution in [0.1, 0.15) is 20.7 Å². The summed E-state index contributed by atoms with van der Waals surface area (Å²) in [6.07, 6.45) is 3.99. The van der Waals surface area contributed by atoms with Gasteiger partial charge >= 0.3 is 11.9 Å². The summed E-state index contributed by atoms with van der Waals surface area (Å²) in [6.45, 7) is 0. The Morgan fingerprint density at radius 2 is 0.958 bits per heavy atom. The first-order valence-electron chi connectivity index (χ1n) is 7.00. The molecule has 0 aromatic heterocycles. The predicted octanol–water partition coefficient (Wildman–Crippen LogP) is 4.39. The maximum atomic E-state index is 11.0. The molecule has 0 spiro atoms. The van der Waals surface area contributed by atoms with Gasteiger partial charge in [0.1, 0.15) is 0 Å². The third kappa shape index (κ3) is 6.29. The number of thioether (sulfide) groups is 2. The number of esters is 2. The SMILES string of the molecule is COC(=O)c1ccc(SC)cc1.COC(=O)c1ccc(SC)cc1. The standard InChI is InChI=1S/2C9H10O2S/c2*1-11-9(10)7-3-5-8(12-2)6-4-7/h2*3-6H,1-2H3. The lowest BCUT2D eigenvalue weighted by molar-refractivity contribution is 0.0592. The molecule has 0 N–H and O–H groups in total. The Morgan fingerprint density at radius 1 is 0.667 bits per heavy atom. The van der Waals surface area contributed by atoms with Crippen LogP contribution in [0.3, 0.4) is 0 Å². The quantitative estimate of drug-likeness (QED) is 0.592. The molecular formula is C18H20O4S2. The van der Waals surface area contributed by atoms with Gasteiger partial charge in [0.2, 0.25) is 0 Å². The predicted molar refractivity (Wildman–Crippen MR) is 99.1 cm³/mol. The highest BCUT2D eigenvalue weighted by atomic mass is 32.2. The number of hydrogen-bond donors (Lipinski definition) is 0. The number of ether oxygens (including phenoxy) is 2. The lowest BCUT2D eigenvalue weighted by Gasteiger charge is -1.99. The molecule has 24 heavy (non-hydrogen) atoms. The molecule has 4 nitrogen and oxygen atoms in total. The highest BCUT2D eigenvalue weighted by Crippen LogP contribution is 2.15. The second kappa shape index (κ2) is 10.8. The van der Waals surface area contributed by atoms with E-state index in [1.807, 2.05) is 36.8 Å². The molecule has 0 saturated carbocycles.